The molecule has 0 aliphatic carbocycles. The third kappa shape index (κ3) is 2.78. The first-order valence-electron chi connectivity index (χ1n) is 6.33. The maximum atomic E-state index is 12.7. The zero-order valence-corrected chi connectivity index (χ0v) is 13.2. The fourth-order valence-electron chi connectivity index (χ4n) is 2.41. The molecule has 116 valence electrons. The summed E-state index contributed by atoms with van der Waals surface area (Å²) in [4.78, 5) is 11.8. The average molecular weight is 334 g/mol. The maximum Gasteiger partial charge on any atom is 0.326 e. The molecule has 0 saturated carbocycles. The predicted octanol–water partition coefficient (Wildman–Crippen LogP) is 0.945. The quantitative estimate of drug-likeness (QED) is 0.832. The first-order valence-corrected chi connectivity index (χ1v) is 8.15. The second-order valence-corrected chi connectivity index (χ2v) is 7.07. The van der Waals surface area contributed by atoms with Crippen molar-refractivity contribution in [3.8, 4) is 0 Å². The van der Waals surface area contributed by atoms with Gasteiger partial charge < -0.3 is 9.84 Å². The van der Waals surface area contributed by atoms with Gasteiger partial charge in [-0.2, -0.15) is 4.31 Å². The van der Waals surface area contributed by atoms with E-state index in [1.54, 1.807) is 13.0 Å². The summed E-state index contributed by atoms with van der Waals surface area (Å²) < 4.78 is 31.0. The highest BCUT2D eigenvalue weighted by atomic mass is 35.5. The Bertz CT molecular complexity index is 661. The molecule has 0 spiro atoms. The summed E-state index contributed by atoms with van der Waals surface area (Å²) in [6.07, 6.45) is -0.898. The number of hydrogen-bond donors (Lipinski definition) is 1. The average Bonchev–Trinajstić information content (AvgIpc) is 2.83. The molecule has 0 amide bonds. The zero-order valence-electron chi connectivity index (χ0n) is 11.6. The molecular weight excluding hydrogens is 318 g/mol. The number of halogens is 1. The molecule has 1 unspecified atom stereocenters. The molecule has 0 radical (unpaired) electrons. The van der Waals surface area contributed by atoms with Crippen LogP contribution in [0.4, 0.5) is 0 Å². The number of hydrogen-bond acceptors (Lipinski definition) is 5. The lowest BCUT2D eigenvalue weighted by Crippen LogP contribution is -2.45. The van der Waals surface area contributed by atoms with Crippen LogP contribution in [0.2, 0.25) is 5.02 Å². The van der Waals surface area contributed by atoms with Crippen molar-refractivity contribution >= 4 is 27.6 Å². The third-order valence-electron chi connectivity index (χ3n) is 3.57. The van der Waals surface area contributed by atoms with Gasteiger partial charge in [0.05, 0.1) is 18.1 Å². The number of rotatable bonds is 3. The molecule has 21 heavy (non-hydrogen) atoms. The first kappa shape index (κ1) is 16.2. The minimum atomic E-state index is -3.94. The van der Waals surface area contributed by atoms with Crippen molar-refractivity contribution in [3.63, 3.8) is 0 Å². The number of carbonyl (C=O) groups excluding carboxylic acids is 1. The molecule has 1 N–H and O–H groups in total. The molecule has 1 heterocycles. The normalized spacial score (nSPS) is 23.2. The van der Waals surface area contributed by atoms with Gasteiger partial charge >= 0.3 is 5.97 Å². The fourth-order valence-corrected chi connectivity index (χ4v) is 4.51. The van der Waals surface area contributed by atoms with E-state index in [4.69, 9.17) is 11.6 Å². The number of sulfonamides is 1. The SMILES string of the molecule is COC(=O)C1[C@H](O)CCN1S(=O)(=O)c1cccc(Cl)c1C. The maximum absolute atomic E-state index is 12.7. The Morgan fingerprint density at radius 2 is 2.14 bits per heavy atom. The van der Waals surface area contributed by atoms with Crippen LogP contribution in [0.5, 0.6) is 0 Å². The summed E-state index contributed by atoms with van der Waals surface area (Å²) in [5.74, 6) is -0.775. The van der Waals surface area contributed by atoms with Crippen LogP contribution in [-0.4, -0.2) is 49.6 Å². The summed E-state index contributed by atoms with van der Waals surface area (Å²) in [6, 6.07) is 3.32. The summed E-state index contributed by atoms with van der Waals surface area (Å²) in [6.45, 7) is 1.64. The molecule has 2 atom stereocenters. The van der Waals surface area contributed by atoms with Crippen molar-refractivity contribution in [3.05, 3.63) is 28.8 Å². The van der Waals surface area contributed by atoms with Crippen molar-refractivity contribution in [2.45, 2.75) is 30.4 Å². The molecule has 1 aliphatic rings. The van der Waals surface area contributed by atoms with Crippen LogP contribution in [0, 0.1) is 6.92 Å². The molecule has 1 saturated heterocycles. The van der Waals surface area contributed by atoms with Crippen LogP contribution < -0.4 is 0 Å². The molecule has 1 aromatic carbocycles. The Morgan fingerprint density at radius 1 is 1.48 bits per heavy atom. The van der Waals surface area contributed by atoms with Gasteiger partial charge in [0.25, 0.3) is 0 Å². The van der Waals surface area contributed by atoms with Crippen molar-refractivity contribution < 1.29 is 23.1 Å². The minimum absolute atomic E-state index is 0.0259. The lowest BCUT2D eigenvalue weighted by molar-refractivity contribution is -0.146. The van der Waals surface area contributed by atoms with Crippen LogP contribution in [0.3, 0.4) is 0 Å². The van der Waals surface area contributed by atoms with Gasteiger partial charge in [0, 0.05) is 11.6 Å². The molecular formula is C13H16ClNO5S. The van der Waals surface area contributed by atoms with E-state index in [1.165, 1.54) is 12.1 Å². The van der Waals surface area contributed by atoms with Gasteiger partial charge in [-0.1, -0.05) is 17.7 Å². The highest BCUT2D eigenvalue weighted by molar-refractivity contribution is 7.89. The number of nitrogens with zero attached hydrogens (tertiary/aromatic N) is 1. The van der Waals surface area contributed by atoms with E-state index in [-0.39, 0.29) is 17.9 Å². The van der Waals surface area contributed by atoms with Crippen LogP contribution in [0.15, 0.2) is 23.1 Å². The van der Waals surface area contributed by atoms with Crippen molar-refractivity contribution in [2.75, 3.05) is 13.7 Å². The summed E-state index contributed by atoms with van der Waals surface area (Å²) in [5, 5.41) is 10.2. The number of esters is 1. The van der Waals surface area contributed by atoms with Crippen LogP contribution >= 0.6 is 11.6 Å². The van der Waals surface area contributed by atoms with Crippen LogP contribution in [-0.2, 0) is 19.6 Å². The molecule has 2 rings (SSSR count). The van der Waals surface area contributed by atoms with Crippen LogP contribution in [0.25, 0.3) is 0 Å². The lowest BCUT2D eigenvalue weighted by atomic mass is 10.2. The number of ether oxygens (including phenoxy) is 1. The predicted molar refractivity (Wildman–Crippen MR) is 76.5 cm³/mol. The Morgan fingerprint density at radius 3 is 2.76 bits per heavy atom. The van der Waals surface area contributed by atoms with Crippen molar-refractivity contribution in [2.24, 2.45) is 0 Å². The number of methoxy groups -OCH3 is 1. The molecule has 8 heteroatoms. The molecule has 1 fully saturated rings. The van der Waals surface area contributed by atoms with Gasteiger partial charge in [-0.3, -0.25) is 4.79 Å². The van der Waals surface area contributed by atoms with Gasteiger partial charge in [-0.05, 0) is 31.0 Å². The lowest BCUT2D eigenvalue weighted by Gasteiger charge is -2.24. The Kier molecular flexibility index (Phi) is 4.57. The number of benzene rings is 1. The van der Waals surface area contributed by atoms with E-state index >= 15 is 0 Å². The zero-order chi connectivity index (χ0) is 15.8. The number of carbonyl (C=O) groups is 1. The Hall–Kier alpha value is -1.15. The van der Waals surface area contributed by atoms with Gasteiger partial charge in [0.15, 0.2) is 0 Å². The van der Waals surface area contributed by atoms with Crippen molar-refractivity contribution in [1.82, 2.24) is 4.31 Å². The number of aliphatic hydroxyl groups is 1. The summed E-state index contributed by atoms with van der Waals surface area (Å²) in [7, 11) is -2.79. The number of aliphatic hydroxyl groups excluding tert-OH is 1. The van der Waals surface area contributed by atoms with E-state index < -0.39 is 28.1 Å². The standard InChI is InChI=1S/C13H16ClNO5S/c1-8-9(14)4-3-5-11(8)21(18,19)15-7-6-10(16)12(15)13(17)20-2/h3-5,10,12,16H,6-7H2,1-2H3/t10-,12?/m1/s1. The van der Waals surface area contributed by atoms with E-state index in [9.17, 15) is 18.3 Å². The van der Waals surface area contributed by atoms with Gasteiger partial charge in [0.2, 0.25) is 10.0 Å². The summed E-state index contributed by atoms with van der Waals surface area (Å²) >= 11 is 5.96. The first-order chi connectivity index (χ1) is 9.80. The second-order valence-electron chi connectivity index (χ2n) is 4.80. The molecule has 0 aromatic heterocycles. The van der Waals surface area contributed by atoms with E-state index in [0.29, 0.717) is 10.6 Å². The van der Waals surface area contributed by atoms with Gasteiger partial charge in [-0.15, -0.1) is 0 Å². The third-order valence-corrected chi connectivity index (χ3v) is 6.00. The minimum Gasteiger partial charge on any atom is -0.468 e. The highest BCUT2D eigenvalue weighted by Gasteiger charge is 2.46. The topological polar surface area (TPSA) is 83.9 Å². The smallest absolute Gasteiger partial charge is 0.326 e. The van der Waals surface area contributed by atoms with Crippen molar-refractivity contribution in [1.29, 1.82) is 0 Å². The molecule has 6 nitrogen and oxygen atoms in total. The molecule has 1 aliphatic heterocycles. The van der Waals surface area contributed by atoms with E-state index in [0.717, 1.165) is 11.4 Å². The van der Waals surface area contributed by atoms with E-state index in [2.05, 4.69) is 4.74 Å². The molecule has 0 bridgehead atoms. The molecule has 1 aromatic rings. The van der Waals surface area contributed by atoms with Crippen LogP contribution in [0.1, 0.15) is 12.0 Å². The fraction of sp³-hybridized carbons (Fsp3) is 0.462. The second kappa shape index (κ2) is 5.92. The Balaban J connectivity index is 2.48. The monoisotopic (exact) mass is 333 g/mol. The van der Waals surface area contributed by atoms with E-state index in [1.807, 2.05) is 0 Å². The van der Waals surface area contributed by atoms with Gasteiger partial charge in [0.1, 0.15) is 6.04 Å². The largest absolute Gasteiger partial charge is 0.468 e. The summed E-state index contributed by atoms with van der Waals surface area (Å²) in [5.41, 5.74) is 0.407. The Labute approximate surface area is 128 Å². The highest BCUT2D eigenvalue weighted by Crippen LogP contribution is 2.31. The van der Waals surface area contributed by atoms with Gasteiger partial charge in [-0.25, -0.2) is 8.42 Å².